The molecule has 1 saturated carbocycles. The summed E-state index contributed by atoms with van der Waals surface area (Å²) in [5.41, 5.74) is -0.391. The van der Waals surface area contributed by atoms with Crippen molar-refractivity contribution in [1.82, 2.24) is 4.90 Å². The molecule has 3 heteroatoms. The fourth-order valence-corrected chi connectivity index (χ4v) is 1.95. The van der Waals surface area contributed by atoms with E-state index >= 15 is 0 Å². The number of carbonyl (C=O) groups is 1. The fraction of sp³-hybridized carbons (Fsp3) is 0.933. The van der Waals surface area contributed by atoms with Crippen LogP contribution in [-0.2, 0) is 4.74 Å². The molecule has 0 spiro atoms. The van der Waals surface area contributed by atoms with E-state index in [0.29, 0.717) is 0 Å². The number of carbonyl (C=O) groups excluding carboxylic acids is 1. The first-order valence-electron chi connectivity index (χ1n) is 7.40. The minimum absolute atomic E-state index is 0.147. The zero-order chi connectivity index (χ0) is 13.6. The van der Waals surface area contributed by atoms with Crippen molar-refractivity contribution < 1.29 is 9.53 Å². The Bertz CT molecular complexity index is 254. The SMILES string of the molecule is CCCCN(CCCC1CC1)C(=O)OC(C)(C)C. The number of hydrogen-bond acceptors (Lipinski definition) is 2. The number of amides is 1. The van der Waals surface area contributed by atoms with Gasteiger partial charge in [-0.05, 0) is 46.0 Å². The number of rotatable bonds is 7. The van der Waals surface area contributed by atoms with Crippen molar-refractivity contribution in [3.63, 3.8) is 0 Å². The lowest BCUT2D eigenvalue weighted by atomic mass is 10.2. The van der Waals surface area contributed by atoms with Crippen molar-refractivity contribution >= 4 is 6.09 Å². The van der Waals surface area contributed by atoms with Crippen LogP contribution < -0.4 is 0 Å². The Kier molecular flexibility index (Phi) is 5.97. The molecule has 0 saturated heterocycles. The maximum Gasteiger partial charge on any atom is 0.410 e. The molecule has 0 aliphatic heterocycles. The maximum atomic E-state index is 12.1. The molecule has 0 N–H and O–H groups in total. The summed E-state index contributed by atoms with van der Waals surface area (Å²) in [5, 5.41) is 0. The zero-order valence-corrected chi connectivity index (χ0v) is 12.5. The molecule has 1 amide bonds. The molecular formula is C15H29NO2. The van der Waals surface area contributed by atoms with E-state index in [2.05, 4.69) is 6.92 Å². The van der Waals surface area contributed by atoms with Gasteiger partial charge in [0.15, 0.2) is 0 Å². The maximum absolute atomic E-state index is 12.1. The van der Waals surface area contributed by atoms with E-state index in [1.165, 1.54) is 19.3 Å². The monoisotopic (exact) mass is 255 g/mol. The predicted molar refractivity (Wildman–Crippen MR) is 74.7 cm³/mol. The van der Waals surface area contributed by atoms with Crippen LogP contribution in [0, 0.1) is 5.92 Å². The molecule has 1 fully saturated rings. The molecule has 106 valence electrons. The second kappa shape index (κ2) is 7.01. The summed E-state index contributed by atoms with van der Waals surface area (Å²) in [7, 11) is 0. The summed E-state index contributed by atoms with van der Waals surface area (Å²) < 4.78 is 5.46. The van der Waals surface area contributed by atoms with Gasteiger partial charge in [0, 0.05) is 13.1 Å². The lowest BCUT2D eigenvalue weighted by molar-refractivity contribution is 0.0244. The van der Waals surface area contributed by atoms with E-state index in [1.54, 1.807) is 0 Å². The van der Waals surface area contributed by atoms with E-state index in [-0.39, 0.29) is 6.09 Å². The van der Waals surface area contributed by atoms with Gasteiger partial charge in [-0.2, -0.15) is 0 Å². The normalized spacial score (nSPS) is 15.6. The van der Waals surface area contributed by atoms with Crippen molar-refractivity contribution in [2.45, 2.75) is 71.8 Å². The highest BCUT2D eigenvalue weighted by atomic mass is 16.6. The Balaban J connectivity index is 2.33. The van der Waals surface area contributed by atoms with Crippen LogP contribution >= 0.6 is 0 Å². The molecule has 0 aromatic heterocycles. The number of nitrogens with zero attached hydrogens (tertiary/aromatic N) is 1. The van der Waals surface area contributed by atoms with Crippen LogP contribution in [0.5, 0.6) is 0 Å². The van der Waals surface area contributed by atoms with Gasteiger partial charge >= 0.3 is 6.09 Å². The van der Waals surface area contributed by atoms with Crippen LogP contribution in [0.4, 0.5) is 4.79 Å². The predicted octanol–water partition coefficient (Wildman–Crippen LogP) is 4.21. The topological polar surface area (TPSA) is 29.5 Å². The zero-order valence-electron chi connectivity index (χ0n) is 12.5. The lowest BCUT2D eigenvalue weighted by Gasteiger charge is -2.27. The van der Waals surface area contributed by atoms with Gasteiger partial charge in [0.2, 0.25) is 0 Å². The first kappa shape index (κ1) is 15.3. The van der Waals surface area contributed by atoms with Crippen molar-refractivity contribution in [3.8, 4) is 0 Å². The third-order valence-electron chi connectivity index (χ3n) is 3.17. The van der Waals surface area contributed by atoms with Crippen molar-refractivity contribution in [1.29, 1.82) is 0 Å². The van der Waals surface area contributed by atoms with E-state index in [0.717, 1.165) is 38.3 Å². The lowest BCUT2D eigenvalue weighted by Crippen LogP contribution is -2.38. The molecule has 1 rings (SSSR count). The highest BCUT2D eigenvalue weighted by molar-refractivity contribution is 5.68. The molecule has 1 aliphatic rings. The van der Waals surface area contributed by atoms with E-state index in [9.17, 15) is 4.79 Å². The van der Waals surface area contributed by atoms with E-state index in [4.69, 9.17) is 4.74 Å². The van der Waals surface area contributed by atoms with Gasteiger partial charge in [-0.1, -0.05) is 26.2 Å². The van der Waals surface area contributed by atoms with Crippen LogP contribution in [0.15, 0.2) is 0 Å². The Morgan fingerprint density at radius 3 is 2.33 bits per heavy atom. The van der Waals surface area contributed by atoms with E-state index in [1.807, 2.05) is 25.7 Å². The Labute approximate surface area is 112 Å². The fourth-order valence-electron chi connectivity index (χ4n) is 1.95. The van der Waals surface area contributed by atoms with Crippen LogP contribution in [-0.4, -0.2) is 29.7 Å². The molecule has 0 atom stereocenters. The van der Waals surface area contributed by atoms with Crippen LogP contribution in [0.25, 0.3) is 0 Å². The average molecular weight is 255 g/mol. The molecule has 18 heavy (non-hydrogen) atoms. The van der Waals surface area contributed by atoms with Gasteiger partial charge in [-0.25, -0.2) is 4.79 Å². The van der Waals surface area contributed by atoms with Gasteiger partial charge in [-0.3, -0.25) is 0 Å². The van der Waals surface area contributed by atoms with Crippen molar-refractivity contribution in [2.75, 3.05) is 13.1 Å². The van der Waals surface area contributed by atoms with Crippen molar-refractivity contribution in [2.24, 2.45) is 5.92 Å². The molecule has 0 aromatic rings. The van der Waals surface area contributed by atoms with E-state index < -0.39 is 5.60 Å². The largest absolute Gasteiger partial charge is 0.444 e. The summed E-state index contributed by atoms with van der Waals surface area (Å²) in [4.78, 5) is 13.9. The highest BCUT2D eigenvalue weighted by Crippen LogP contribution is 2.33. The average Bonchev–Trinajstić information content (AvgIpc) is 3.04. The quantitative estimate of drug-likeness (QED) is 0.682. The molecule has 0 aromatic carbocycles. The number of unbranched alkanes of at least 4 members (excludes halogenated alkanes) is 1. The van der Waals surface area contributed by atoms with Gasteiger partial charge in [0.25, 0.3) is 0 Å². The first-order chi connectivity index (χ1) is 8.42. The standard InChI is InChI=1S/C15H29NO2/c1-5-6-11-16(12-7-8-13-9-10-13)14(17)18-15(2,3)4/h13H,5-12H2,1-4H3. The Hall–Kier alpha value is -0.730. The minimum Gasteiger partial charge on any atom is -0.444 e. The summed E-state index contributed by atoms with van der Waals surface area (Å²) >= 11 is 0. The molecule has 0 heterocycles. The molecule has 0 unspecified atom stereocenters. The first-order valence-corrected chi connectivity index (χ1v) is 7.40. The number of hydrogen-bond donors (Lipinski definition) is 0. The second-order valence-corrected chi connectivity index (χ2v) is 6.41. The highest BCUT2D eigenvalue weighted by Gasteiger charge is 2.24. The van der Waals surface area contributed by atoms with Gasteiger partial charge in [-0.15, -0.1) is 0 Å². The smallest absolute Gasteiger partial charge is 0.410 e. The third-order valence-corrected chi connectivity index (χ3v) is 3.17. The molecule has 0 radical (unpaired) electrons. The summed E-state index contributed by atoms with van der Waals surface area (Å²) in [6, 6.07) is 0. The Morgan fingerprint density at radius 1 is 1.22 bits per heavy atom. The third kappa shape index (κ3) is 6.87. The summed E-state index contributed by atoms with van der Waals surface area (Å²) in [5.74, 6) is 0.941. The van der Waals surface area contributed by atoms with Crippen LogP contribution in [0.2, 0.25) is 0 Å². The van der Waals surface area contributed by atoms with Gasteiger partial charge in [0.1, 0.15) is 5.60 Å². The molecule has 3 nitrogen and oxygen atoms in total. The summed E-state index contributed by atoms with van der Waals surface area (Å²) in [6.45, 7) is 9.60. The molecular weight excluding hydrogens is 226 g/mol. The number of ether oxygens (including phenoxy) is 1. The second-order valence-electron chi connectivity index (χ2n) is 6.41. The van der Waals surface area contributed by atoms with Gasteiger partial charge in [0.05, 0.1) is 0 Å². The Morgan fingerprint density at radius 2 is 1.83 bits per heavy atom. The molecule has 0 bridgehead atoms. The van der Waals surface area contributed by atoms with Gasteiger partial charge < -0.3 is 9.64 Å². The van der Waals surface area contributed by atoms with Crippen LogP contribution in [0.3, 0.4) is 0 Å². The van der Waals surface area contributed by atoms with Crippen molar-refractivity contribution in [3.05, 3.63) is 0 Å². The summed E-state index contributed by atoms with van der Waals surface area (Å²) in [6.07, 6.45) is 7.19. The minimum atomic E-state index is -0.391. The van der Waals surface area contributed by atoms with Crippen LogP contribution in [0.1, 0.15) is 66.2 Å². The molecule has 1 aliphatic carbocycles.